The van der Waals surface area contributed by atoms with Crippen LogP contribution in [0.1, 0.15) is 49.7 Å². The van der Waals surface area contributed by atoms with Crippen molar-refractivity contribution in [2.75, 3.05) is 0 Å². The average molecular weight is 243 g/mol. The van der Waals surface area contributed by atoms with E-state index in [1.807, 2.05) is 0 Å². The van der Waals surface area contributed by atoms with Crippen LogP contribution in [-0.4, -0.2) is 6.04 Å². The molecule has 1 aromatic carbocycles. The van der Waals surface area contributed by atoms with Gasteiger partial charge in [0.05, 0.1) is 0 Å². The average Bonchev–Trinajstić information content (AvgIpc) is 3.23. The van der Waals surface area contributed by atoms with Crippen molar-refractivity contribution in [2.45, 2.75) is 58.0 Å². The largest absolute Gasteiger partial charge is 0.310 e. The number of benzene rings is 1. The van der Waals surface area contributed by atoms with Crippen molar-refractivity contribution in [1.29, 1.82) is 0 Å². The Morgan fingerprint density at radius 3 is 2.67 bits per heavy atom. The molecule has 1 aromatic rings. The molecule has 2 unspecified atom stereocenters. The lowest BCUT2D eigenvalue weighted by Crippen LogP contribution is -2.34. The topological polar surface area (TPSA) is 12.0 Å². The van der Waals surface area contributed by atoms with Crippen LogP contribution in [0.5, 0.6) is 0 Å². The molecule has 98 valence electrons. The highest BCUT2D eigenvalue weighted by atomic mass is 14.9. The van der Waals surface area contributed by atoms with Crippen molar-refractivity contribution in [2.24, 2.45) is 11.8 Å². The van der Waals surface area contributed by atoms with Crippen molar-refractivity contribution in [3.05, 3.63) is 35.4 Å². The van der Waals surface area contributed by atoms with E-state index < -0.39 is 0 Å². The van der Waals surface area contributed by atoms with Gasteiger partial charge in [0.25, 0.3) is 0 Å². The van der Waals surface area contributed by atoms with E-state index in [-0.39, 0.29) is 0 Å². The highest BCUT2D eigenvalue weighted by Crippen LogP contribution is 2.43. The first-order chi connectivity index (χ1) is 8.83. The van der Waals surface area contributed by atoms with Gasteiger partial charge >= 0.3 is 0 Å². The molecule has 2 fully saturated rings. The standard InChI is InChI=1S/C17H25N/c1-13-5-2-3-6-16(13)12-18-17-8-4-7-15(11-17)14-9-10-14/h2-3,5-6,14-15,17-18H,4,7-12H2,1H3. The van der Waals surface area contributed by atoms with Crippen LogP contribution in [0.25, 0.3) is 0 Å². The molecule has 0 aliphatic heterocycles. The molecule has 0 heterocycles. The van der Waals surface area contributed by atoms with Gasteiger partial charge in [0.1, 0.15) is 0 Å². The van der Waals surface area contributed by atoms with Gasteiger partial charge < -0.3 is 5.32 Å². The molecule has 0 saturated heterocycles. The fraction of sp³-hybridized carbons (Fsp3) is 0.647. The minimum Gasteiger partial charge on any atom is -0.310 e. The van der Waals surface area contributed by atoms with Crippen LogP contribution in [0.15, 0.2) is 24.3 Å². The highest BCUT2D eigenvalue weighted by molar-refractivity contribution is 5.25. The lowest BCUT2D eigenvalue weighted by atomic mass is 9.82. The van der Waals surface area contributed by atoms with Crippen molar-refractivity contribution >= 4 is 0 Å². The zero-order valence-corrected chi connectivity index (χ0v) is 11.5. The van der Waals surface area contributed by atoms with E-state index in [2.05, 4.69) is 36.5 Å². The summed E-state index contributed by atoms with van der Waals surface area (Å²) >= 11 is 0. The Hall–Kier alpha value is -0.820. The number of nitrogens with one attached hydrogen (secondary N) is 1. The van der Waals surface area contributed by atoms with E-state index >= 15 is 0 Å². The zero-order chi connectivity index (χ0) is 12.4. The molecule has 0 aromatic heterocycles. The molecule has 0 bridgehead atoms. The molecule has 0 amide bonds. The van der Waals surface area contributed by atoms with Gasteiger partial charge in [-0.25, -0.2) is 0 Å². The Labute approximate surface area is 111 Å². The van der Waals surface area contributed by atoms with E-state index in [4.69, 9.17) is 0 Å². The molecule has 2 aliphatic carbocycles. The SMILES string of the molecule is Cc1ccccc1CNC1CCCC(C2CC2)C1. The number of rotatable bonds is 4. The molecular formula is C17H25N. The molecule has 2 aliphatic rings. The monoisotopic (exact) mass is 243 g/mol. The lowest BCUT2D eigenvalue weighted by Gasteiger charge is -2.30. The molecule has 2 saturated carbocycles. The van der Waals surface area contributed by atoms with Crippen molar-refractivity contribution < 1.29 is 0 Å². The summed E-state index contributed by atoms with van der Waals surface area (Å²) in [7, 11) is 0. The smallest absolute Gasteiger partial charge is 0.0210 e. The third kappa shape index (κ3) is 2.95. The van der Waals surface area contributed by atoms with Crippen molar-refractivity contribution in [3.63, 3.8) is 0 Å². The molecular weight excluding hydrogens is 218 g/mol. The van der Waals surface area contributed by atoms with E-state index in [0.717, 1.165) is 24.4 Å². The van der Waals surface area contributed by atoms with Gasteiger partial charge in [-0.2, -0.15) is 0 Å². The Kier molecular flexibility index (Phi) is 3.69. The first-order valence-corrected chi connectivity index (χ1v) is 7.61. The Morgan fingerprint density at radius 2 is 1.89 bits per heavy atom. The highest BCUT2D eigenvalue weighted by Gasteiger charge is 2.34. The molecule has 0 radical (unpaired) electrons. The maximum Gasteiger partial charge on any atom is 0.0210 e. The molecule has 18 heavy (non-hydrogen) atoms. The first kappa shape index (κ1) is 12.2. The molecule has 3 rings (SSSR count). The Morgan fingerprint density at radius 1 is 1.06 bits per heavy atom. The summed E-state index contributed by atoms with van der Waals surface area (Å²) in [5, 5.41) is 3.79. The summed E-state index contributed by atoms with van der Waals surface area (Å²) in [4.78, 5) is 0. The molecule has 1 heteroatoms. The summed E-state index contributed by atoms with van der Waals surface area (Å²) in [6, 6.07) is 9.51. The predicted molar refractivity (Wildman–Crippen MR) is 76.5 cm³/mol. The second kappa shape index (κ2) is 5.44. The van der Waals surface area contributed by atoms with E-state index in [1.165, 1.54) is 49.7 Å². The van der Waals surface area contributed by atoms with Crippen molar-refractivity contribution in [3.8, 4) is 0 Å². The van der Waals surface area contributed by atoms with Crippen LogP contribution in [0, 0.1) is 18.8 Å². The second-order valence-electron chi connectivity index (χ2n) is 6.27. The quantitative estimate of drug-likeness (QED) is 0.841. The van der Waals surface area contributed by atoms with Gasteiger partial charge in [0.15, 0.2) is 0 Å². The van der Waals surface area contributed by atoms with Crippen LogP contribution in [0.3, 0.4) is 0 Å². The second-order valence-corrected chi connectivity index (χ2v) is 6.27. The fourth-order valence-electron chi connectivity index (χ4n) is 3.47. The predicted octanol–water partition coefficient (Wildman–Crippen LogP) is 4.05. The third-order valence-electron chi connectivity index (χ3n) is 4.85. The van der Waals surface area contributed by atoms with Gasteiger partial charge in [0.2, 0.25) is 0 Å². The van der Waals surface area contributed by atoms with E-state index in [9.17, 15) is 0 Å². The van der Waals surface area contributed by atoms with Crippen LogP contribution in [0.2, 0.25) is 0 Å². The molecule has 0 spiro atoms. The van der Waals surface area contributed by atoms with Gasteiger partial charge in [-0.05, 0) is 55.6 Å². The minimum atomic E-state index is 0.768. The van der Waals surface area contributed by atoms with Crippen LogP contribution in [0.4, 0.5) is 0 Å². The van der Waals surface area contributed by atoms with E-state index in [0.29, 0.717) is 0 Å². The summed E-state index contributed by atoms with van der Waals surface area (Å²) in [5.41, 5.74) is 2.88. The van der Waals surface area contributed by atoms with E-state index in [1.54, 1.807) is 0 Å². The van der Waals surface area contributed by atoms with Gasteiger partial charge in [-0.3, -0.25) is 0 Å². The van der Waals surface area contributed by atoms with Gasteiger partial charge in [-0.1, -0.05) is 37.1 Å². The fourth-order valence-corrected chi connectivity index (χ4v) is 3.47. The van der Waals surface area contributed by atoms with Crippen LogP contribution < -0.4 is 5.32 Å². The third-order valence-corrected chi connectivity index (χ3v) is 4.85. The Bertz CT molecular complexity index is 394. The number of hydrogen-bond donors (Lipinski definition) is 1. The Balaban J connectivity index is 1.52. The van der Waals surface area contributed by atoms with Crippen LogP contribution >= 0.6 is 0 Å². The normalized spacial score (nSPS) is 28.3. The maximum atomic E-state index is 3.79. The summed E-state index contributed by atoms with van der Waals surface area (Å²) in [6.07, 6.45) is 8.76. The van der Waals surface area contributed by atoms with Crippen molar-refractivity contribution in [1.82, 2.24) is 5.32 Å². The molecule has 1 nitrogen and oxygen atoms in total. The maximum absolute atomic E-state index is 3.79. The summed E-state index contributed by atoms with van der Waals surface area (Å²) in [6.45, 7) is 3.26. The molecule has 1 N–H and O–H groups in total. The van der Waals surface area contributed by atoms with Gasteiger partial charge in [-0.15, -0.1) is 0 Å². The first-order valence-electron chi connectivity index (χ1n) is 7.61. The number of hydrogen-bond acceptors (Lipinski definition) is 1. The summed E-state index contributed by atoms with van der Waals surface area (Å²) < 4.78 is 0. The van der Waals surface area contributed by atoms with Crippen LogP contribution in [-0.2, 0) is 6.54 Å². The number of aryl methyl sites for hydroxylation is 1. The molecule has 2 atom stereocenters. The summed E-state index contributed by atoms with van der Waals surface area (Å²) in [5.74, 6) is 2.13. The van der Waals surface area contributed by atoms with Gasteiger partial charge in [0, 0.05) is 12.6 Å². The minimum absolute atomic E-state index is 0.768. The lowest BCUT2D eigenvalue weighted by molar-refractivity contribution is 0.260. The zero-order valence-electron chi connectivity index (χ0n) is 11.5.